The highest BCUT2D eigenvalue weighted by atomic mass is 32.2. The van der Waals surface area contributed by atoms with Crippen LogP contribution in [0.1, 0.15) is 32.6 Å². The minimum atomic E-state index is -0.415. The number of rotatable bonds is 5. The Morgan fingerprint density at radius 3 is 2.92 bits per heavy atom. The van der Waals surface area contributed by atoms with E-state index in [0.29, 0.717) is 5.92 Å². The molecule has 7 heteroatoms. The van der Waals surface area contributed by atoms with E-state index in [2.05, 4.69) is 22.4 Å². The van der Waals surface area contributed by atoms with Gasteiger partial charge in [0, 0.05) is 6.04 Å². The van der Waals surface area contributed by atoms with Gasteiger partial charge in [-0.25, -0.2) is 4.39 Å². The molecular formula is C17H20FN3O2S. The summed E-state index contributed by atoms with van der Waals surface area (Å²) in [5.41, 5.74) is 0.261. The molecule has 1 heterocycles. The number of nitrogens with zero attached hydrogens (tertiary/aromatic N) is 2. The molecule has 0 spiro atoms. The molecular weight excluding hydrogens is 329 g/mol. The fourth-order valence-corrected chi connectivity index (χ4v) is 3.49. The molecule has 1 saturated carbocycles. The Labute approximate surface area is 144 Å². The van der Waals surface area contributed by atoms with E-state index in [1.54, 1.807) is 18.2 Å². The number of nitrogens with one attached hydrogen (secondary N) is 1. The van der Waals surface area contributed by atoms with Crippen LogP contribution in [-0.4, -0.2) is 27.9 Å². The predicted molar refractivity (Wildman–Crippen MR) is 90.0 cm³/mol. The maximum atomic E-state index is 13.7. The van der Waals surface area contributed by atoms with Crippen LogP contribution >= 0.6 is 11.8 Å². The van der Waals surface area contributed by atoms with Crippen molar-refractivity contribution in [2.75, 3.05) is 5.75 Å². The van der Waals surface area contributed by atoms with E-state index >= 15 is 0 Å². The lowest BCUT2D eigenvalue weighted by atomic mass is 9.86. The van der Waals surface area contributed by atoms with Gasteiger partial charge in [-0.3, -0.25) is 4.79 Å². The summed E-state index contributed by atoms with van der Waals surface area (Å²) in [6, 6.07) is 6.47. The predicted octanol–water partition coefficient (Wildman–Crippen LogP) is 3.66. The summed E-state index contributed by atoms with van der Waals surface area (Å²) >= 11 is 1.16. The van der Waals surface area contributed by atoms with Gasteiger partial charge in [0.2, 0.25) is 5.91 Å². The number of halogens is 1. The largest absolute Gasteiger partial charge is 0.411 e. The summed E-state index contributed by atoms with van der Waals surface area (Å²) < 4.78 is 19.1. The standard InChI is InChI=1S/C17H20FN3O2S/c1-11-6-2-5-9-14(11)19-15(22)10-24-17-21-20-16(23-17)12-7-3-4-8-13(12)18/h3-4,7-8,11,14H,2,5-6,9-10H2,1H3,(H,19,22)/t11-,14-/m1/s1. The van der Waals surface area contributed by atoms with Crippen LogP contribution in [0.4, 0.5) is 4.39 Å². The van der Waals surface area contributed by atoms with E-state index in [1.807, 2.05) is 0 Å². The summed E-state index contributed by atoms with van der Waals surface area (Å²) in [6.45, 7) is 2.18. The second-order valence-electron chi connectivity index (χ2n) is 6.08. The maximum absolute atomic E-state index is 13.7. The first-order valence-electron chi connectivity index (χ1n) is 8.14. The zero-order chi connectivity index (χ0) is 16.9. The molecule has 5 nitrogen and oxygen atoms in total. The monoisotopic (exact) mass is 349 g/mol. The molecule has 128 valence electrons. The molecule has 1 fully saturated rings. The number of carbonyl (C=O) groups is 1. The highest BCUT2D eigenvalue weighted by molar-refractivity contribution is 7.99. The average Bonchev–Trinajstić information content (AvgIpc) is 3.04. The number of aromatic nitrogens is 2. The molecule has 1 aliphatic rings. The minimum Gasteiger partial charge on any atom is -0.411 e. The van der Waals surface area contributed by atoms with Crippen LogP contribution in [-0.2, 0) is 4.79 Å². The van der Waals surface area contributed by atoms with Crippen LogP contribution in [0.3, 0.4) is 0 Å². The van der Waals surface area contributed by atoms with E-state index in [9.17, 15) is 9.18 Å². The molecule has 0 saturated heterocycles. The Hall–Kier alpha value is -1.89. The van der Waals surface area contributed by atoms with Crippen molar-refractivity contribution in [3.05, 3.63) is 30.1 Å². The van der Waals surface area contributed by atoms with Crippen LogP contribution in [0, 0.1) is 11.7 Å². The van der Waals surface area contributed by atoms with Gasteiger partial charge in [0.15, 0.2) is 0 Å². The number of thioether (sulfide) groups is 1. The van der Waals surface area contributed by atoms with E-state index in [-0.39, 0.29) is 34.4 Å². The molecule has 2 atom stereocenters. The molecule has 1 N–H and O–H groups in total. The van der Waals surface area contributed by atoms with Crippen molar-refractivity contribution in [2.45, 2.75) is 43.9 Å². The Bertz CT molecular complexity index is 707. The molecule has 1 aliphatic carbocycles. The maximum Gasteiger partial charge on any atom is 0.277 e. The first kappa shape index (κ1) is 17.0. The first-order valence-corrected chi connectivity index (χ1v) is 9.12. The third-order valence-corrected chi connectivity index (χ3v) is 5.11. The summed E-state index contributed by atoms with van der Waals surface area (Å²) in [4.78, 5) is 12.1. The third kappa shape index (κ3) is 4.14. The zero-order valence-electron chi connectivity index (χ0n) is 13.5. The third-order valence-electron chi connectivity index (χ3n) is 4.30. The summed E-state index contributed by atoms with van der Waals surface area (Å²) in [5.74, 6) is 0.397. The number of benzene rings is 1. The van der Waals surface area contributed by atoms with Gasteiger partial charge >= 0.3 is 0 Å². The average molecular weight is 349 g/mol. The molecule has 0 aliphatic heterocycles. The number of hydrogen-bond donors (Lipinski definition) is 1. The van der Waals surface area contributed by atoms with Crippen molar-refractivity contribution in [1.82, 2.24) is 15.5 Å². The molecule has 0 radical (unpaired) electrons. The van der Waals surface area contributed by atoms with Crippen molar-refractivity contribution < 1.29 is 13.6 Å². The Morgan fingerprint density at radius 1 is 1.33 bits per heavy atom. The van der Waals surface area contributed by atoms with Crippen molar-refractivity contribution in [3.63, 3.8) is 0 Å². The molecule has 0 bridgehead atoms. The molecule has 1 aromatic carbocycles. The number of carbonyl (C=O) groups excluding carboxylic acids is 1. The number of hydrogen-bond acceptors (Lipinski definition) is 5. The van der Waals surface area contributed by atoms with Crippen molar-refractivity contribution in [1.29, 1.82) is 0 Å². The van der Waals surface area contributed by atoms with Crippen molar-refractivity contribution >= 4 is 17.7 Å². The van der Waals surface area contributed by atoms with Gasteiger partial charge in [0.05, 0.1) is 11.3 Å². The van der Waals surface area contributed by atoms with Crippen LogP contribution in [0.25, 0.3) is 11.5 Å². The minimum absolute atomic E-state index is 0.0376. The highest BCUT2D eigenvalue weighted by Crippen LogP contribution is 2.26. The van der Waals surface area contributed by atoms with Crippen molar-refractivity contribution in [3.8, 4) is 11.5 Å². The van der Waals surface area contributed by atoms with Crippen LogP contribution in [0.2, 0.25) is 0 Å². The fraction of sp³-hybridized carbons (Fsp3) is 0.471. The normalized spacial score (nSPS) is 20.8. The van der Waals surface area contributed by atoms with E-state index < -0.39 is 5.82 Å². The van der Waals surface area contributed by atoms with Gasteiger partial charge < -0.3 is 9.73 Å². The zero-order valence-corrected chi connectivity index (χ0v) is 14.3. The van der Waals surface area contributed by atoms with Gasteiger partial charge in [0.1, 0.15) is 5.82 Å². The van der Waals surface area contributed by atoms with Gasteiger partial charge in [-0.05, 0) is 30.9 Å². The molecule has 0 unspecified atom stereocenters. The van der Waals surface area contributed by atoms with Crippen LogP contribution in [0.5, 0.6) is 0 Å². The quantitative estimate of drug-likeness (QED) is 0.834. The molecule has 1 aromatic heterocycles. The lowest BCUT2D eigenvalue weighted by molar-refractivity contribution is -0.119. The second kappa shape index (κ2) is 7.79. The van der Waals surface area contributed by atoms with Gasteiger partial charge in [-0.15, -0.1) is 10.2 Å². The molecule has 24 heavy (non-hydrogen) atoms. The van der Waals surface area contributed by atoms with E-state index in [0.717, 1.165) is 31.0 Å². The summed E-state index contributed by atoms with van der Waals surface area (Å²) in [6.07, 6.45) is 4.60. The fourth-order valence-electron chi connectivity index (χ4n) is 2.92. The lowest BCUT2D eigenvalue weighted by Crippen LogP contribution is -2.41. The Kier molecular flexibility index (Phi) is 5.50. The van der Waals surface area contributed by atoms with E-state index in [1.165, 1.54) is 12.5 Å². The Morgan fingerprint density at radius 2 is 2.12 bits per heavy atom. The Balaban J connectivity index is 1.54. The summed E-state index contributed by atoms with van der Waals surface area (Å²) in [5, 5.41) is 11.1. The highest BCUT2D eigenvalue weighted by Gasteiger charge is 2.23. The van der Waals surface area contributed by atoms with Gasteiger partial charge in [-0.1, -0.05) is 43.7 Å². The topological polar surface area (TPSA) is 68.0 Å². The van der Waals surface area contributed by atoms with Gasteiger partial charge in [0.25, 0.3) is 11.1 Å². The van der Waals surface area contributed by atoms with E-state index in [4.69, 9.17) is 4.42 Å². The molecule has 2 aromatic rings. The second-order valence-corrected chi connectivity index (χ2v) is 7.00. The van der Waals surface area contributed by atoms with Gasteiger partial charge in [-0.2, -0.15) is 0 Å². The van der Waals surface area contributed by atoms with Crippen LogP contribution < -0.4 is 5.32 Å². The van der Waals surface area contributed by atoms with Crippen LogP contribution in [0.15, 0.2) is 33.9 Å². The smallest absolute Gasteiger partial charge is 0.277 e. The summed E-state index contributed by atoms with van der Waals surface area (Å²) in [7, 11) is 0. The number of amides is 1. The molecule has 1 amide bonds. The SMILES string of the molecule is C[C@@H]1CCCC[C@H]1NC(=O)CSc1nnc(-c2ccccc2F)o1. The lowest BCUT2D eigenvalue weighted by Gasteiger charge is -2.29. The first-order chi connectivity index (χ1) is 11.6. The molecule has 3 rings (SSSR count). The van der Waals surface area contributed by atoms with Crippen molar-refractivity contribution in [2.24, 2.45) is 5.92 Å².